The second-order valence-corrected chi connectivity index (χ2v) is 7.43. The van der Waals surface area contributed by atoms with Gasteiger partial charge in [-0.25, -0.2) is 0 Å². The fourth-order valence-electron chi connectivity index (χ4n) is 3.87. The lowest BCUT2D eigenvalue weighted by atomic mass is 9.82. The van der Waals surface area contributed by atoms with Gasteiger partial charge < -0.3 is 14.8 Å². The van der Waals surface area contributed by atoms with Crippen LogP contribution in [-0.4, -0.2) is 36.3 Å². The van der Waals surface area contributed by atoms with Crippen LogP contribution in [0.15, 0.2) is 36.4 Å². The van der Waals surface area contributed by atoms with E-state index in [4.69, 9.17) is 32.7 Å². The first kappa shape index (κ1) is 20.0. The van der Waals surface area contributed by atoms with Crippen molar-refractivity contribution in [3.8, 4) is 5.75 Å². The molecule has 1 aromatic carbocycles. The molecule has 0 radical (unpaired) electrons. The first-order valence-corrected chi connectivity index (χ1v) is 10.2. The maximum absolute atomic E-state index is 12.9. The van der Waals surface area contributed by atoms with Crippen molar-refractivity contribution in [2.75, 3.05) is 23.7 Å². The summed E-state index contributed by atoms with van der Waals surface area (Å²) >= 11 is 11.5. The monoisotopic (exact) mass is 411 g/mol. The molecule has 1 N–H and O–H groups in total. The standard InChI is InChI=1S/C20H23Cl2NO4/c1-2-26-15-7-5-14(6-8-15)23-19(24)17-12-3-4-13(9-12)18(17)20(25)27-16(10-21)11-22/h3-8,12-13,16-18H,2,9-11H2,1H3,(H,23,24)/t12-,13-,17-,18+/m0/s1. The second kappa shape index (κ2) is 8.98. The lowest BCUT2D eigenvalue weighted by molar-refractivity contribution is -0.156. The van der Waals surface area contributed by atoms with Gasteiger partial charge in [-0.3, -0.25) is 9.59 Å². The smallest absolute Gasteiger partial charge is 0.310 e. The predicted molar refractivity (Wildman–Crippen MR) is 105 cm³/mol. The van der Waals surface area contributed by atoms with E-state index < -0.39 is 23.9 Å². The van der Waals surface area contributed by atoms with Crippen LogP contribution in [0.4, 0.5) is 5.69 Å². The zero-order chi connectivity index (χ0) is 19.4. The minimum atomic E-state index is -0.543. The molecule has 1 fully saturated rings. The molecule has 3 rings (SSSR count). The second-order valence-electron chi connectivity index (χ2n) is 6.81. The van der Waals surface area contributed by atoms with Crippen LogP contribution in [0.25, 0.3) is 0 Å². The lowest BCUT2D eigenvalue weighted by Gasteiger charge is -2.27. The van der Waals surface area contributed by atoms with Gasteiger partial charge in [0.25, 0.3) is 0 Å². The average Bonchev–Trinajstić information content (AvgIpc) is 3.29. The number of hydrogen-bond acceptors (Lipinski definition) is 4. The Kier molecular flexibility index (Phi) is 6.66. The van der Waals surface area contributed by atoms with Crippen LogP contribution in [0.5, 0.6) is 5.75 Å². The Morgan fingerprint density at radius 1 is 1.11 bits per heavy atom. The van der Waals surface area contributed by atoms with E-state index >= 15 is 0 Å². The molecule has 5 nitrogen and oxygen atoms in total. The van der Waals surface area contributed by atoms with E-state index in [9.17, 15) is 9.59 Å². The molecule has 4 atom stereocenters. The van der Waals surface area contributed by atoms with Crippen molar-refractivity contribution >= 4 is 40.8 Å². The van der Waals surface area contributed by atoms with Crippen LogP contribution in [0.3, 0.4) is 0 Å². The third kappa shape index (κ3) is 4.41. The number of alkyl halides is 2. The summed E-state index contributed by atoms with van der Waals surface area (Å²) in [6.07, 6.45) is 4.28. The molecule has 1 aromatic rings. The Morgan fingerprint density at radius 2 is 1.74 bits per heavy atom. The summed E-state index contributed by atoms with van der Waals surface area (Å²) in [5.41, 5.74) is 0.668. The van der Waals surface area contributed by atoms with Crippen molar-refractivity contribution in [2.24, 2.45) is 23.7 Å². The fourth-order valence-corrected chi connectivity index (χ4v) is 4.33. The number of carbonyl (C=O) groups is 2. The number of hydrogen-bond donors (Lipinski definition) is 1. The molecular weight excluding hydrogens is 389 g/mol. The summed E-state index contributed by atoms with van der Waals surface area (Å²) in [4.78, 5) is 25.6. The Labute approximate surface area is 169 Å². The van der Waals surface area contributed by atoms with Crippen LogP contribution in [-0.2, 0) is 14.3 Å². The van der Waals surface area contributed by atoms with Crippen LogP contribution in [0.2, 0.25) is 0 Å². The van der Waals surface area contributed by atoms with E-state index in [0.29, 0.717) is 12.3 Å². The van der Waals surface area contributed by atoms with Crippen LogP contribution >= 0.6 is 23.2 Å². The van der Waals surface area contributed by atoms with E-state index in [1.807, 2.05) is 19.1 Å². The van der Waals surface area contributed by atoms with E-state index in [2.05, 4.69) is 5.32 Å². The molecule has 2 bridgehead atoms. The van der Waals surface area contributed by atoms with Crippen molar-refractivity contribution < 1.29 is 19.1 Å². The highest BCUT2D eigenvalue weighted by molar-refractivity contribution is 6.21. The topological polar surface area (TPSA) is 64.6 Å². The molecule has 0 saturated heterocycles. The quantitative estimate of drug-likeness (QED) is 0.400. The van der Waals surface area contributed by atoms with E-state index in [-0.39, 0.29) is 29.5 Å². The van der Waals surface area contributed by atoms with Gasteiger partial charge in [-0.1, -0.05) is 12.2 Å². The molecule has 1 saturated carbocycles. The number of allylic oxidation sites excluding steroid dienone is 2. The Bertz CT molecular complexity index is 702. The molecule has 0 unspecified atom stereocenters. The van der Waals surface area contributed by atoms with E-state index in [1.54, 1.807) is 24.3 Å². The van der Waals surface area contributed by atoms with Gasteiger partial charge in [0.1, 0.15) is 11.9 Å². The number of esters is 1. The third-order valence-corrected chi connectivity index (χ3v) is 5.78. The van der Waals surface area contributed by atoms with E-state index in [0.717, 1.165) is 12.2 Å². The zero-order valence-corrected chi connectivity index (χ0v) is 16.6. The summed E-state index contributed by atoms with van der Waals surface area (Å²) in [6.45, 7) is 2.50. The molecule has 0 spiro atoms. The molecule has 0 aliphatic heterocycles. The number of halogens is 2. The summed E-state index contributed by atoms with van der Waals surface area (Å²) in [5.74, 6) is -0.457. The molecular formula is C20H23Cl2NO4. The van der Waals surface area contributed by atoms with Gasteiger partial charge in [-0.15, -0.1) is 23.2 Å². The first-order chi connectivity index (χ1) is 13.1. The summed E-state index contributed by atoms with van der Waals surface area (Å²) < 4.78 is 10.8. The van der Waals surface area contributed by atoms with Gasteiger partial charge in [0.15, 0.2) is 0 Å². The third-order valence-electron chi connectivity index (χ3n) is 5.09. The minimum Gasteiger partial charge on any atom is -0.494 e. The maximum Gasteiger partial charge on any atom is 0.310 e. The number of rotatable bonds is 8. The zero-order valence-electron chi connectivity index (χ0n) is 15.1. The largest absolute Gasteiger partial charge is 0.494 e. The number of carbonyl (C=O) groups excluding carboxylic acids is 2. The molecule has 27 heavy (non-hydrogen) atoms. The number of anilines is 1. The molecule has 0 heterocycles. The SMILES string of the molecule is CCOc1ccc(NC(=O)[C@@H]2[C@H](C(=O)OC(CCl)CCl)[C@H]3C=C[C@H]2C3)cc1. The highest BCUT2D eigenvalue weighted by atomic mass is 35.5. The molecule has 0 aromatic heterocycles. The van der Waals surface area contributed by atoms with Crippen molar-refractivity contribution in [3.05, 3.63) is 36.4 Å². The van der Waals surface area contributed by atoms with Crippen molar-refractivity contribution in [1.29, 1.82) is 0 Å². The van der Waals surface area contributed by atoms with Crippen molar-refractivity contribution in [1.82, 2.24) is 0 Å². The molecule has 2 aliphatic rings. The Morgan fingerprint density at radius 3 is 2.33 bits per heavy atom. The highest BCUT2D eigenvalue weighted by Gasteiger charge is 2.52. The Hall–Kier alpha value is -1.72. The van der Waals surface area contributed by atoms with Crippen LogP contribution in [0.1, 0.15) is 13.3 Å². The van der Waals surface area contributed by atoms with Gasteiger partial charge in [-0.2, -0.15) is 0 Å². The van der Waals surface area contributed by atoms with Crippen molar-refractivity contribution in [3.63, 3.8) is 0 Å². The lowest BCUT2D eigenvalue weighted by Crippen LogP contribution is -2.39. The summed E-state index contributed by atoms with van der Waals surface area (Å²) in [5, 5.41) is 2.92. The first-order valence-electron chi connectivity index (χ1n) is 9.11. The number of amides is 1. The van der Waals surface area contributed by atoms with Crippen LogP contribution < -0.4 is 10.1 Å². The molecule has 7 heteroatoms. The van der Waals surface area contributed by atoms with Gasteiger partial charge in [0, 0.05) is 5.69 Å². The Balaban J connectivity index is 1.70. The van der Waals surface area contributed by atoms with Crippen LogP contribution in [0, 0.1) is 23.7 Å². The van der Waals surface area contributed by atoms with Gasteiger partial charge in [0.05, 0.1) is 30.2 Å². The molecule has 146 valence electrons. The van der Waals surface area contributed by atoms with Gasteiger partial charge in [-0.05, 0) is 49.4 Å². The summed E-state index contributed by atoms with van der Waals surface area (Å²) in [7, 11) is 0. The number of ether oxygens (including phenoxy) is 2. The number of fused-ring (bicyclic) bond motifs is 2. The fraction of sp³-hybridized carbons (Fsp3) is 0.500. The minimum absolute atomic E-state index is 0.0184. The normalized spacial score (nSPS) is 25.6. The summed E-state index contributed by atoms with van der Waals surface area (Å²) in [6, 6.07) is 7.18. The molecule has 2 aliphatic carbocycles. The van der Waals surface area contributed by atoms with Crippen molar-refractivity contribution in [2.45, 2.75) is 19.4 Å². The predicted octanol–water partition coefficient (Wildman–Crippen LogP) is 3.85. The van der Waals surface area contributed by atoms with Gasteiger partial charge in [0.2, 0.25) is 5.91 Å². The average molecular weight is 412 g/mol. The van der Waals surface area contributed by atoms with Gasteiger partial charge >= 0.3 is 5.97 Å². The number of nitrogens with one attached hydrogen (secondary N) is 1. The maximum atomic E-state index is 12.9. The van der Waals surface area contributed by atoms with E-state index in [1.165, 1.54) is 0 Å². The molecule has 1 amide bonds. The number of benzene rings is 1. The highest BCUT2D eigenvalue weighted by Crippen LogP contribution is 2.49.